The van der Waals surface area contributed by atoms with Crippen LogP contribution in [0.4, 0.5) is 23.2 Å². The van der Waals surface area contributed by atoms with E-state index in [1.807, 2.05) is 0 Å². The molecule has 4 aromatic rings. The fourth-order valence-electron chi connectivity index (χ4n) is 3.21. The highest BCUT2D eigenvalue weighted by molar-refractivity contribution is 7.15. The molecule has 0 N–H and O–H groups in total. The van der Waals surface area contributed by atoms with Gasteiger partial charge in [0.25, 0.3) is 5.91 Å². The van der Waals surface area contributed by atoms with E-state index < -0.39 is 18.1 Å². The van der Waals surface area contributed by atoms with Gasteiger partial charge in [-0.05, 0) is 60.5 Å². The van der Waals surface area contributed by atoms with Crippen LogP contribution in [0.5, 0.6) is 5.75 Å². The second kappa shape index (κ2) is 9.07. The number of benzene rings is 2. The highest BCUT2D eigenvalue weighted by atomic mass is 32.1. The SMILES string of the molecule is Cc1cc(-c2ccc(CN(C(=O)c3cnco3)c3ccccc3F)s2)ccc1OC(F)(F)F. The molecule has 33 heavy (non-hydrogen) atoms. The molecule has 2 aromatic heterocycles. The lowest BCUT2D eigenvalue weighted by molar-refractivity contribution is -0.274. The van der Waals surface area contributed by atoms with E-state index in [0.717, 1.165) is 16.1 Å². The maximum atomic E-state index is 14.5. The summed E-state index contributed by atoms with van der Waals surface area (Å²) in [7, 11) is 0. The number of carbonyl (C=O) groups excluding carboxylic acids is 1. The fourth-order valence-corrected chi connectivity index (χ4v) is 4.20. The summed E-state index contributed by atoms with van der Waals surface area (Å²) >= 11 is 1.33. The van der Waals surface area contributed by atoms with E-state index in [1.165, 1.54) is 59.7 Å². The monoisotopic (exact) mass is 476 g/mol. The third-order valence-corrected chi connectivity index (χ3v) is 5.81. The van der Waals surface area contributed by atoms with Gasteiger partial charge in [0.15, 0.2) is 6.39 Å². The second-order valence-corrected chi connectivity index (χ2v) is 8.17. The number of aromatic nitrogens is 1. The molecule has 2 heterocycles. The lowest BCUT2D eigenvalue weighted by Crippen LogP contribution is -2.30. The van der Waals surface area contributed by atoms with Gasteiger partial charge in [-0.25, -0.2) is 9.37 Å². The minimum absolute atomic E-state index is 0.0362. The van der Waals surface area contributed by atoms with Gasteiger partial charge in [-0.1, -0.05) is 12.1 Å². The van der Waals surface area contributed by atoms with Crippen molar-refractivity contribution in [3.05, 3.63) is 89.2 Å². The number of hydrogen-bond acceptors (Lipinski definition) is 5. The zero-order valence-electron chi connectivity index (χ0n) is 17.1. The first-order chi connectivity index (χ1) is 15.7. The summed E-state index contributed by atoms with van der Waals surface area (Å²) in [6.07, 6.45) is -2.40. The molecule has 1 amide bonds. The summed E-state index contributed by atoms with van der Waals surface area (Å²) in [4.78, 5) is 19.5. The van der Waals surface area contributed by atoms with Crippen LogP contribution in [0, 0.1) is 12.7 Å². The Labute approximate surface area is 189 Å². The number of amides is 1. The van der Waals surface area contributed by atoms with Gasteiger partial charge in [0, 0.05) is 9.75 Å². The highest BCUT2D eigenvalue weighted by Crippen LogP contribution is 2.34. The molecule has 0 atom stereocenters. The number of oxazole rings is 1. The fraction of sp³-hybridized carbons (Fsp3) is 0.130. The summed E-state index contributed by atoms with van der Waals surface area (Å²) < 4.78 is 61.1. The van der Waals surface area contributed by atoms with Crippen molar-refractivity contribution in [3.63, 3.8) is 0 Å². The molecule has 0 aliphatic heterocycles. The number of alkyl halides is 3. The Bertz CT molecular complexity index is 1270. The normalized spacial score (nSPS) is 11.4. The molecule has 0 unspecified atom stereocenters. The zero-order chi connectivity index (χ0) is 23.6. The smallest absolute Gasteiger partial charge is 0.438 e. The Morgan fingerprint density at radius 1 is 1.15 bits per heavy atom. The number of halogens is 4. The third-order valence-electron chi connectivity index (χ3n) is 4.69. The molecule has 4 rings (SSSR count). The molecule has 2 aromatic carbocycles. The first-order valence-corrected chi connectivity index (χ1v) is 10.4. The zero-order valence-corrected chi connectivity index (χ0v) is 17.9. The van der Waals surface area contributed by atoms with Crippen LogP contribution in [0.2, 0.25) is 0 Å². The quantitative estimate of drug-likeness (QED) is 0.295. The Morgan fingerprint density at radius 3 is 2.61 bits per heavy atom. The van der Waals surface area contributed by atoms with Crippen molar-refractivity contribution in [2.24, 2.45) is 0 Å². The average Bonchev–Trinajstić information content (AvgIpc) is 3.45. The van der Waals surface area contributed by atoms with E-state index >= 15 is 0 Å². The number of thiophene rings is 1. The lowest BCUT2D eigenvalue weighted by atomic mass is 10.1. The van der Waals surface area contributed by atoms with Crippen LogP contribution >= 0.6 is 11.3 Å². The van der Waals surface area contributed by atoms with Crippen molar-refractivity contribution in [2.75, 3.05) is 4.90 Å². The number of carbonyl (C=O) groups is 1. The number of rotatable bonds is 6. The minimum Gasteiger partial charge on any atom is -0.438 e. The van der Waals surface area contributed by atoms with E-state index in [1.54, 1.807) is 24.3 Å². The number of ether oxygens (including phenoxy) is 1. The van der Waals surface area contributed by atoms with Crippen LogP contribution in [-0.2, 0) is 6.54 Å². The Hall–Kier alpha value is -3.66. The van der Waals surface area contributed by atoms with Gasteiger partial charge in [0.05, 0.1) is 18.4 Å². The van der Waals surface area contributed by atoms with Crippen LogP contribution in [0.25, 0.3) is 10.4 Å². The predicted molar refractivity (Wildman–Crippen MR) is 115 cm³/mol. The first kappa shape index (κ1) is 22.5. The van der Waals surface area contributed by atoms with Gasteiger partial charge < -0.3 is 9.15 Å². The van der Waals surface area contributed by atoms with Crippen LogP contribution in [0.3, 0.4) is 0 Å². The van der Waals surface area contributed by atoms with Crippen LogP contribution < -0.4 is 9.64 Å². The molecule has 0 radical (unpaired) electrons. The van der Waals surface area contributed by atoms with E-state index in [9.17, 15) is 22.4 Å². The first-order valence-electron chi connectivity index (χ1n) is 9.61. The van der Waals surface area contributed by atoms with Crippen molar-refractivity contribution in [2.45, 2.75) is 19.8 Å². The number of aryl methyl sites for hydroxylation is 1. The largest absolute Gasteiger partial charge is 0.573 e. The van der Waals surface area contributed by atoms with E-state index in [4.69, 9.17) is 4.42 Å². The molecule has 0 aliphatic rings. The number of nitrogens with zero attached hydrogens (tertiary/aromatic N) is 2. The molecule has 0 aliphatic carbocycles. The number of hydrogen-bond donors (Lipinski definition) is 0. The Balaban J connectivity index is 1.61. The van der Waals surface area contributed by atoms with Gasteiger partial charge in [0.1, 0.15) is 11.6 Å². The molecule has 0 saturated heterocycles. The summed E-state index contributed by atoms with van der Waals surface area (Å²) in [6, 6.07) is 13.8. The van der Waals surface area contributed by atoms with Gasteiger partial charge in [-0.3, -0.25) is 9.69 Å². The molecule has 5 nitrogen and oxygen atoms in total. The number of para-hydroxylation sites is 1. The lowest BCUT2D eigenvalue weighted by Gasteiger charge is -2.21. The average molecular weight is 476 g/mol. The van der Waals surface area contributed by atoms with Crippen LogP contribution in [0.1, 0.15) is 21.0 Å². The Kier molecular flexibility index (Phi) is 6.19. The van der Waals surface area contributed by atoms with Gasteiger partial charge >= 0.3 is 6.36 Å². The maximum absolute atomic E-state index is 14.5. The molecule has 0 saturated carbocycles. The molecule has 10 heteroatoms. The molecular formula is C23H16F4N2O3S. The summed E-state index contributed by atoms with van der Waals surface area (Å²) in [5, 5.41) is 0. The summed E-state index contributed by atoms with van der Waals surface area (Å²) in [5.41, 5.74) is 1.10. The van der Waals surface area contributed by atoms with E-state index in [0.29, 0.717) is 11.1 Å². The molecular weight excluding hydrogens is 460 g/mol. The summed E-state index contributed by atoms with van der Waals surface area (Å²) in [5.74, 6) is -1.44. The standard InChI is InChI=1S/C23H16F4N2O3S/c1-14-10-15(6-8-19(14)32-23(25,26)27)21-9-7-16(33-21)12-29(18-5-3-2-4-17(18)24)22(30)20-11-28-13-31-20/h2-11,13H,12H2,1H3. The van der Waals surface area contributed by atoms with E-state index in [2.05, 4.69) is 9.72 Å². The molecule has 0 bridgehead atoms. The van der Waals surface area contributed by atoms with Crippen molar-refractivity contribution >= 4 is 22.9 Å². The van der Waals surface area contributed by atoms with Crippen molar-refractivity contribution in [3.8, 4) is 16.2 Å². The molecule has 0 fully saturated rings. The molecule has 0 spiro atoms. The van der Waals surface area contributed by atoms with Gasteiger partial charge in [-0.15, -0.1) is 24.5 Å². The highest BCUT2D eigenvalue weighted by Gasteiger charge is 2.31. The maximum Gasteiger partial charge on any atom is 0.573 e. The van der Waals surface area contributed by atoms with Gasteiger partial charge in [0.2, 0.25) is 5.76 Å². The van der Waals surface area contributed by atoms with E-state index in [-0.39, 0.29) is 23.7 Å². The molecule has 170 valence electrons. The van der Waals surface area contributed by atoms with Crippen molar-refractivity contribution in [1.29, 1.82) is 0 Å². The second-order valence-electron chi connectivity index (χ2n) is 7.00. The van der Waals surface area contributed by atoms with Crippen LogP contribution in [0.15, 0.2) is 71.6 Å². The van der Waals surface area contributed by atoms with Crippen molar-refractivity contribution < 1.29 is 31.5 Å². The van der Waals surface area contributed by atoms with Crippen molar-refractivity contribution in [1.82, 2.24) is 4.98 Å². The summed E-state index contributed by atoms with van der Waals surface area (Å²) in [6.45, 7) is 1.58. The third kappa shape index (κ3) is 5.23. The number of anilines is 1. The van der Waals surface area contributed by atoms with Crippen LogP contribution in [-0.4, -0.2) is 17.3 Å². The Morgan fingerprint density at radius 2 is 1.94 bits per heavy atom. The minimum atomic E-state index is -4.77. The predicted octanol–water partition coefficient (Wildman–Crippen LogP) is 6.60. The topological polar surface area (TPSA) is 55.6 Å². The van der Waals surface area contributed by atoms with Gasteiger partial charge in [-0.2, -0.15) is 0 Å².